The maximum absolute atomic E-state index is 13.0. The number of alkyl halides is 2. The van der Waals surface area contributed by atoms with Crippen LogP contribution in [0.1, 0.15) is 19.3 Å². The molecule has 2 rings (SSSR count). The second kappa shape index (κ2) is 4.72. The smallest absolute Gasteiger partial charge is 0.248 e. The highest BCUT2D eigenvalue weighted by atomic mass is 32.2. The van der Waals surface area contributed by atoms with Crippen LogP contribution >= 0.6 is 0 Å². The summed E-state index contributed by atoms with van der Waals surface area (Å²) in [7, 11) is -1.28. The molecule has 17 heavy (non-hydrogen) atoms. The minimum absolute atomic E-state index is 0.0842. The molecule has 0 aliphatic heterocycles. The van der Waals surface area contributed by atoms with Crippen LogP contribution in [0.3, 0.4) is 0 Å². The van der Waals surface area contributed by atoms with Crippen LogP contribution < -0.4 is 5.73 Å². The molecular weight excluding hydrogens is 244 g/mol. The molecule has 2 unspecified atom stereocenters. The van der Waals surface area contributed by atoms with E-state index in [-0.39, 0.29) is 24.5 Å². The minimum atomic E-state index is -2.57. The predicted molar refractivity (Wildman–Crippen MR) is 64.4 cm³/mol. The third-order valence-corrected chi connectivity index (χ3v) is 4.69. The Bertz CT molecular complexity index is 436. The summed E-state index contributed by atoms with van der Waals surface area (Å²) in [5.41, 5.74) is 6.18. The fourth-order valence-electron chi connectivity index (χ4n) is 2.18. The van der Waals surface area contributed by atoms with E-state index in [0.29, 0.717) is 17.0 Å². The van der Waals surface area contributed by atoms with E-state index >= 15 is 0 Å². The Balaban J connectivity index is 2.01. The van der Waals surface area contributed by atoms with E-state index in [1.165, 1.54) is 0 Å². The van der Waals surface area contributed by atoms with Gasteiger partial charge in [-0.2, -0.15) is 0 Å². The average molecular weight is 259 g/mol. The number of benzene rings is 1. The first-order chi connectivity index (χ1) is 7.98. The maximum Gasteiger partial charge on any atom is 0.248 e. The van der Waals surface area contributed by atoms with Gasteiger partial charge in [-0.3, -0.25) is 4.21 Å². The highest BCUT2D eigenvalue weighted by molar-refractivity contribution is 7.85. The molecule has 1 aromatic rings. The molecule has 2 atom stereocenters. The van der Waals surface area contributed by atoms with Gasteiger partial charge in [-0.1, -0.05) is 12.1 Å². The zero-order chi connectivity index (χ0) is 12.5. The first-order valence-electron chi connectivity index (χ1n) is 5.59. The van der Waals surface area contributed by atoms with Crippen LogP contribution in [-0.4, -0.2) is 15.9 Å². The molecule has 0 amide bonds. The topological polar surface area (TPSA) is 43.1 Å². The predicted octanol–water partition coefficient (Wildman–Crippen LogP) is 2.81. The first-order valence-corrected chi connectivity index (χ1v) is 6.90. The molecule has 2 nitrogen and oxygen atoms in total. The Morgan fingerprint density at radius 3 is 2.71 bits per heavy atom. The lowest BCUT2D eigenvalue weighted by Crippen LogP contribution is -2.14. The number of hydrogen-bond acceptors (Lipinski definition) is 2. The number of para-hydroxylation sites is 1. The van der Waals surface area contributed by atoms with Crippen molar-refractivity contribution in [2.24, 2.45) is 5.92 Å². The molecule has 1 fully saturated rings. The summed E-state index contributed by atoms with van der Waals surface area (Å²) >= 11 is 0. The number of nitrogen functional groups attached to an aromatic ring is 1. The fourth-order valence-corrected chi connectivity index (χ4v) is 3.63. The Hall–Kier alpha value is -0.970. The van der Waals surface area contributed by atoms with E-state index in [4.69, 9.17) is 5.73 Å². The number of halogens is 2. The Kier molecular flexibility index (Phi) is 3.47. The Labute approximate surface area is 102 Å². The fraction of sp³-hybridized carbons (Fsp3) is 0.500. The molecule has 0 aromatic heterocycles. The van der Waals surface area contributed by atoms with E-state index in [9.17, 15) is 13.0 Å². The summed E-state index contributed by atoms with van der Waals surface area (Å²) in [5, 5.41) is 0. The van der Waals surface area contributed by atoms with Gasteiger partial charge in [-0.05, 0) is 24.5 Å². The Morgan fingerprint density at radius 2 is 2.12 bits per heavy atom. The Morgan fingerprint density at radius 1 is 1.41 bits per heavy atom. The van der Waals surface area contributed by atoms with Crippen LogP contribution in [0.25, 0.3) is 0 Å². The summed E-state index contributed by atoms with van der Waals surface area (Å²) in [5.74, 6) is -2.45. The number of nitrogens with two attached hydrogens (primary N) is 1. The van der Waals surface area contributed by atoms with Crippen LogP contribution in [0.5, 0.6) is 0 Å². The van der Waals surface area contributed by atoms with Crippen molar-refractivity contribution < 1.29 is 13.0 Å². The van der Waals surface area contributed by atoms with Crippen molar-refractivity contribution in [3.63, 3.8) is 0 Å². The number of rotatable bonds is 3. The summed E-state index contributed by atoms with van der Waals surface area (Å²) in [6, 6.07) is 6.89. The molecule has 2 N–H and O–H groups in total. The molecule has 0 spiro atoms. The highest BCUT2D eigenvalue weighted by Crippen LogP contribution is 2.39. The normalized spacial score (nSPS) is 24.7. The van der Waals surface area contributed by atoms with Gasteiger partial charge in [0.1, 0.15) is 0 Å². The van der Waals surface area contributed by atoms with Crippen molar-refractivity contribution >= 4 is 16.5 Å². The molecule has 94 valence electrons. The third-order valence-electron chi connectivity index (χ3n) is 3.06. The average Bonchev–Trinajstić information content (AvgIpc) is 2.58. The van der Waals surface area contributed by atoms with E-state index in [1.807, 2.05) is 0 Å². The number of hydrogen-bond donors (Lipinski definition) is 1. The molecular formula is C12H15F2NOS. The minimum Gasteiger partial charge on any atom is -0.398 e. The van der Waals surface area contributed by atoms with E-state index < -0.39 is 16.7 Å². The largest absolute Gasteiger partial charge is 0.398 e. The van der Waals surface area contributed by atoms with E-state index in [2.05, 4.69) is 0 Å². The van der Waals surface area contributed by atoms with Crippen LogP contribution in [0.2, 0.25) is 0 Å². The van der Waals surface area contributed by atoms with Crippen LogP contribution in [0.4, 0.5) is 14.5 Å². The second-order valence-electron chi connectivity index (χ2n) is 4.51. The van der Waals surface area contributed by atoms with E-state index in [0.717, 1.165) is 0 Å². The van der Waals surface area contributed by atoms with Crippen molar-refractivity contribution in [3.05, 3.63) is 24.3 Å². The molecule has 0 heterocycles. The molecule has 1 aliphatic rings. The molecule has 5 heteroatoms. The number of anilines is 1. The van der Waals surface area contributed by atoms with Gasteiger partial charge < -0.3 is 5.73 Å². The van der Waals surface area contributed by atoms with Crippen LogP contribution in [0.15, 0.2) is 29.2 Å². The molecule has 0 radical (unpaired) electrons. The van der Waals surface area contributed by atoms with Gasteiger partial charge in [0.15, 0.2) is 0 Å². The summed E-state index contributed by atoms with van der Waals surface area (Å²) in [6.45, 7) is 0. The summed E-state index contributed by atoms with van der Waals surface area (Å²) < 4.78 is 38.0. The molecule has 1 saturated carbocycles. The van der Waals surface area contributed by atoms with Crippen molar-refractivity contribution in [1.82, 2.24) is 0 Å². The van der Waals surface area contributed by atoms with Gasteiger partial charge >= 0.3 is 0 Å². The van der Waals surface area contributed by atoms with Crippen LogP contribution in [-0.2, 0) is 10.8 Å². The molecule has 0 saturated heterocycles. The van der Waals surface area contributed by atoms with Gasteiger partial charge in [-0.15, -0.1) is 0 Å². The molecule has 1 aromatic carbocycles. The summed E-state index contributed by atoms with van der Waals surface area (Å²) in [4.78, 5) is 0.558. The lowest BCUT2D eigenvalue weighted by Gasteiger charge is -2.11. The van der Waals surface area contributed by atoms with Crippen molar-refractivity contribution in [2.45, 2.75) is 30.1 Å². The first kappa shape index (κ1) is 12.5. The second-order valence-corrected chi connectivity index (χ2v) is 5.98. The molecule has 1 aliphatic carbocycles. The monoisotopic (exact) mass is 259 g/mol. The van der Waals surface area contributed by atoms with Crippen molar-refractivity contribution in [1.29, 1.82) is 0 Å². The lowest BCUT2D eigenvalue weighted by molar-refractivity contribution is 0.00594. The highest BCUT2D eigenvalue weighted by Gasteiger charge is 2.39. The maximum atomic E-state index is 13.0. The van der Waals surface area contributed by atoms with Crippen molar-refractivity contribution in [2.75, 3.05) is 11.5 Å². The SMILES string of the molecule is Nc1ccccc1S(=O)CC1CCC(F)(F)C1. The summed E-state index contributed by atoms with van der Waals surface area (Å²) in [6.07, 6.45) is 0.218. The standard InChI is InChI=1S/C12H15F2NOS/c13-12(14)6-5-9(7-12)8-17(16)11-4-2-1-3-10(11)15/h1-4,9H,5-8,15H2. The third kappa shape index (κ3) is 3.03. The van der Waals surface area contributed by atoms with Gasteiger partial charge in [0.2, 0.25) is 5.92 Å². The van der Waals surface area contributed by atoms with Crippen molar-refractivity contribution in [3.8, 4) is 0 Å². The quantitative estimate of drug-likeness (QED) is 0.848. The van der Waals surface area contributed by atoms with Gasteiger partial charge in [0, 0.05) is 24.3 Å². The zero-order valence-electron chi connectivity index (χ0n) is 9.36. The lowest BCUT2D eigenvalue weighted by atomic mass is 10.1. The molecule has 0 bridgehead atoms. The van der Waals surface area contributed by atoms with Gasteiger partial charge in [0.05, 0.1) is 15.7 Å². The van der Waals surface area contributed by atoms with E-state index in [1.54, 1.807) is 24.3 Å². The van der Waals surface area contributed by atoms with Crippen LogP contribution in [0, 0.1) is 5.92 Å². The zero-order valence-corrected chi connectivity index (χ0v) is 10.2. The van der Waals surface area contributed by atoms with Gasteiger partial charge in [-0.25, -0.2) is 8.78 Å². The van der Waals surface area contributed by atoms with Gasteiger partial charge in [0.25, 0.3) is 0 Å².